The highest BCUT2D eigenvalue weighted by atomic mass is 14.1. The molecule has 0 radical (unpaired) electrons. The smallest absolute Gasteiger partial charge is 0.0216 e. The molecule has 2 rings (SSSR count). The maximum absolute atomic E-state index is 2.31. The molecule has 0 fully saturated rings. The van der Waals surface area contributed by atoms with Crippen molar-refractivity contribution >= 4 is 0 Å². The van der Waals surface area contributed by atoms with Gasteiger partial charge in [0.25, 0.3) is 0 Å². The van der Waals surface area contributed by atoms with Crippen molar-refractivity contribution in [3.63, 3.8) is 0 Å². The minimum absolute atomic E-state index is 0. The maximum Gasteiger partial charge on any atom is -0.0216 e. The summed E-state index contributed by atoms with van der Waals surface area (Å²) < 4.78 is 0. The third-order valence-corrected chi connectivity index (χ3v) is 4.48. The zero-order valence-electron chi connectivity index (χ0n) is 16.9. The molecule has 0 bridgehead atoms. The Morgan fingerprint density at radius 1 is 0.480 bits per heavy atom. The maximum atomic E-state index is 2.31. The molecule has 2 aromatic carbocycles. The van der Waals surface area contributed by atoms with Crippen LogP contribution in [0.1, 0.15) is 109 Å². The minimum Gasteiger partial charge on any atom is -0.0776 e. The summed E-state index contributed by atoms with van der Waals surface area (Å²) in [6.07, 6.45) is 0. The van der Waals surface area contributed by atoms with E-state index in [1.54, 1.807) is 0 Å². The number of rotatable bonds is 4. The van der Waals surface area contributed by atoms with E-state index in [9.17, 15) is 0 Å². The SMILES string of the molecule is C.CC(C)c1cccc(C(C)C)c1.CC(C)c1ccccc1C(C)C. The van der Waals surface area contributed by atoms with Gasteiger partial charge in [-0.25, -0.2) is 0 Å². The molecule has 0 unspecified atom stereocenters. The van der Waals surface area contributed by atoms with Crippen molar-refractivity contribution in [1.82, 2.24) is 0 Å². The lowest BCUT2D eigenvalue weighted by molar-refractivity contribution is 0.790. The van der Waals surface area contributed by atoms with Crippen molar-refractivity contribution in [3.05, 3.63) is 70.8 Å². The fourth-order valence-corrected chi connectivity index (χ4v) is 2.84. The molecule has 0 N–H and O–H groups in total. The lowest BCUT2D eigenvalue weighted by Gasteiger charge is -2.14. The molecule has 0 amide bonds. The quantitative estimate of drug-likeness (QED) is 0.523. The standard InChI is InChI=1S/2C12H18.CH4/c1-9(2)11-6-5-7-12(8-11)10(3)4;1-9(2)11-7-5-6-8-12(11)10(3)4;/h2*5-10H,1-4H3;1H4. The van der Waals surface area contributed by atoms with Crippen molar-refractivity contribution in [1.29, 1.82) is 0 Å². The van der Waals surface area contributed by atoms with E-state index in [-0.39, 0.29) is 7.43 Å². The van der Waals surface area contributed by atoms with Crippen molar-refractivity contribution in [3.8, 4) is 0 Å². The van der Waals surface area contributed by atoms with E-state index in [4.69, 9.17) is 0 Å². The molecule has 0 atom stereocenters. The summed E-state index contributed by atoms with van der Waals surface area (Å²) in [4.78, 5) is 0. The highest BCUT2D eigenvalue weighted by molar-refractivity contribution is 5.32. The van der Waals surface area contributed by atoms with Gasteiger partial charge in [0.2, 0.25) is 0 Å². The first-order valence-corrected chi connectivity index (χ1v) is 9.42. The Kier molecular flexibility index (Phi) is 10.4. The van der Waals surface area contributed by atoms with Gasteiger partial charge in [0.15, 0.2) is 0 Å². The van der Waals surface area contributed by atoms with Crippen molar-refractivity contribution in [2.75, 3.05) is 0 Å². The second kappa shape index (κ2) is 11.1. The fraction of sp³-hybridized carbons (Fsp3) is 0.520. The molecule has 0 saturated carbocycles. The lowest BCUT2D eigenvalue weighted by Crippen LogP contribution is -1.97. The molecule has 0 aromatic heterocycles. The van der Waals surface area contributed by atoms with Crippen molar-refractivity contribution in [2.24, 2.45) is 0 Å². The molecule has 0 aliphatic carbocycles. The fourth-order valence-electron chi connectivity index (χ4n) is 2.84. The summed E-state index contributed by atoms with van der Waals surface area (Å²) in [6.45, 7) is 17.9. The van der Waals surface area contributed by atoms with E-state index < -0.39 is 0 Å². The van der Waals surface area contributed by atoms with Gasteiger partial charge in [0.05, 0.1) is 0 Å². The second-order valence-electron chi connectivity index (χ2n) is 7.92. The lowest BCUT2D eigenvalue weighted by atomic mass is 9.91. The molecule has 140 valence electrons. The van der Waals surface area contributed by atoms with Gasteiger partial charge in [-0.05, 0) is 45.9 Å². The van der Waals surface area contributed by atoms with Crippen LogP contribution in [0.4, 0.5) is 0 Å². The van der Waals surface area contributed by atoms with Crippen LogP contribution in [0.15, 0.2) is 48.5 Å². The van der Waals surface area contributed by atoms with Gasteiger partial charge in [-0.3, -0.25) is 0 Å². The molecular weight excluding hydrogens is 300 g/mol. The Morgan fingerprint density at radius 3 is 1.12 bits per heavy atom. The molecule has 0 aliphatic rings. The zero-order chi connectivity index (χ0) is 18.3. The predicted molar refractivity (Wildman–Crippen MR) is 116 cm³/mol. The first kappa shape index (κ1) is 23.4. The Morgan fingerprint density at radius 2 is 0.840 bits per heavy atom. The largest absolute Gasteiger partial charge is 0.0776 e. The topological polar surface area (TPSA) is 0 Å². The van der Waals surface area contributed by atoms with Crippen molar-refractivity contribution in [2.45, 2.75) is 86.5 Å². The van der Waals surface area contributed by atoms with E-state index in [0.717, 1.165) is 0 Å². The molecule has 25 heavy (non-hydrogen) atoms. The van der Waals surface area contributed by atoms with Gasteiger partial charge in [0, 0.05) is 0 Å². The van der Waals surface area contributed by atoms with Crippen molar-refractivity contribution < 1.29 is 0 Å². The van der Waals surface area contributed by atoms with Crippen LogP contribution >= 0.6 is 0 Å². The minimum atomic E-state index is 0. The van der Waals surface area contributed by atoms with E-state index >= 15 is 0 Å². The summed E-state index contributed by atoms with van der Waals surface area (Å²) in [5.74, 6) is 2.57. The first-order chi connectivity index (χ1) is 11.2. The molecule has 0 saturated heterocycles. The van der Waals surface area contributed by atoms with Gasteiger partial charge in [0.1, 0.15) is 0 Å². The Bertz CT molecular complexity index is 553. The van der Waals surface area contributed by atoms with Crippen LogP contribution in [0.3, 0.4) is 0 Å². The van der Waals surface area contributed by atoms with Crippen LogP contribution in [0.2, 0.25) is 0 Å². The van der Waals surface area contributed by atoms with Crippen LogP contribution in [-0.2, 0) is 0 Å². The van der Waals surface area contributed by atoms with Gasteiger partial charge < -0.3 is 0 Å². The highest BCUT2D eigenvalue weighted by Crippen LogP contribution is 2.25. The van der Waals surface area contributed by atoms with Crippen LogP contribution in [0.5, 0.6) is 0 Å². The number of hydrogen-bond acceptors (Lipinski definition) is 0. The third-order valence-electron chi connectivity index (χ3n) is 4.48. The van der Waals surface area contributed by atoms with E-state index in [2.05, 4.69) is 104 Å². The summed E-state index contributed by atoms with van der Waals surface area (Å²) in [5.41, 5.74) is 5.88. The van der Waals surface area contributed by atoms with E-state index in [1.807, 2.05) is 0 Å². The van der Waals surface area contributed by atoms with Crippen LogP contribution in [0, 0.1) is 0 Å². The van der Waals surface area contributed by atoms with Gasteiger partial charge in [-0.1, -0.05) is 111 Å². The summed E-state index contributed by atoms with van der Waals surface area (Å²) in [5, 5.41) is 0. The molecule has 2 aromatic rings. The van der Waals surface area contributed by atoms with Gasteiger partial charge in [-0.2, -0.15) is 0 Å². The van der Waals surface area contributed by atoms with Crippen LogP contribution in [-0.4, -0.2) is 0 Å². The third kappa shape index (κ3) is 7.46. The monoisotopic (exact) mass is 340 g/mol. The molecule has 0 aliphatic heterocycles. The summed E-state index contributed by atoms with van der Waals surface area (Å²) >= 11 is 0. The Labute approximate surface area is 157 Å². The number of benzene rings is 2. The number of hydrogen-bond donors (Lipinski definition) is 0. The Balaban J connectivity index is 0.000000443. The molecular formula is C25H40. The van der Waals surface area contributed by atoms with Gasteiger partial charge >= 0.3 is 0 Å². The normalized spacial score (nSPS) is 10.7. The van der Waals surface area contributed by atoms with E-state index in [1.165, 1.54) is 22.3 Å². The first-order valence-electron chi connectivity index (χ1n) is 9.42. The molecule has 0 spiro atoms. The zero-order valence-corrected chi connectivity index (χ0v) is 16.9. The Hall–Kier alpha value is -1.56. The molecule has 0 heterocycles. The van der Waals surface area contributed by atoms with Crippen LogP contribution in [0.25, 0.3) is 0 Å². The summed E-state index contributed by atoms with van der Waals surface area (Å²) in [6, 6.07) is 17.6. The predicted octanol–water partition coefficient (Wildman–Crippen LogP) is 8.50. The van der Waals surface area contributed by atoms with Gasteiger partial charge in [-0.15, -0.1) is 0 Å². The second-order valence-corrected chi connectivity index (χ2v) is 7.92. The molecule has 0 nitrogen and oxygen atoms in total. The van der Waals surface area contributed by atoms with E-state index in [0.29, 0.717) is 23.7 Å². The highest BCUT2D eigenvalue weighted by Gasteiger charge is 2.07. The summed E-state index contributed by atoms with van der Waals surface area (Å²) in [7, 11) is 0. The average Bonchev–Trinajstić information content (AvgIpc) is 2.55. The van der Waals surface area contributed by atoms with Crippen LogP contribution < -0.4 is 0 Å². The average molecular weight is 341 g/mol. The molecule has 0 heteroatoms.